The van der Waals surface area contributed by atoms with Gasteiger partial charge in [0.05, 0.1) is 5.71 Å². The first-order valence-electron chi connectivity index (χ1n) is 4.18. The molecule has 0 aromatic carbocycles. The highest BCUT2D eigenvalue weighted by atomic mass is 32.1. The Hall–Kier alpha value is -1.59. The van der Waals surface area contributed by atoms with Crippen LogP contribution in [0.25, 0.3) is 6.08 Å². The van der Waals surface area contributed by atoms with Crippen molar-refractivity contribution in [3.63, 3.8) is 0 Å². The molecule has 1 nitrogen and oxygen atoms in total. The largest absolute Gasteiger partial charge is 0.289 e. The van der Waals surface area contributed by atoms with Crippen molar-refractivity contribution in [3.8, 4) is 12.3 Å². The zero-order valence-electron chi connectivity index (χ0n) is 7.97. The summed E-state index contributed by atoms with van der Waals surface area (Å²) in [4.78, 5) is 5.29. The summed E-state index contributed by atoms with van der Waals surface area (Å²) in [6.45, 7) is 0. The van der Waals surface area contributed by atoms with E-state index >= 15 is 0 Å². The summed E-state index contributed by atoms with van der Waals surface area (Å²) in [6.07, 6.45) is 12.5. The van der Waals surface area contributed by atoms with Crippen LogP contribution in [0.4, 0.5) is 0 Å². The molecule has 14 heavy (non-hydrogen) atoms. The number of thiophene rings is 1. The van der Waals surface area contributed by atoms with Crippen molar-refractivity contribution < 1.29 is 0 Å². The Morgan fingerprint density at radius 3 is 3.00 bits per heavy atom. The van der Waals surface area contributed by atoms with Crippen molar-refractivity contribution in [1.82, 2.24) is 0 Å². The average molecular weight is 201 g/mol. The molecular formula is C12H11NS. The Kier molecular flexibility index (Phi) is 4.46. The van der Waals surface area contributed by atoms with E-state index in [-0.39, 0.29) is 0 Å². The summed E-state index contributed by atoms with van der Waals surface area (Å²) >= 11 is 1.69. The Bertz CT molecular complexity index is 388. The fourth-order valence-corrected chi connectivity index (χ4v) is 1.51. The third kappa shape index (κ3) is 3.42. The minimum absolute atomic E-state index is 0.872. The Morgan fingerprint density at radius 1 is 1.57 bits per heavy atom. The lowest BCUT2D eigenvalue weighted by molar-refractivity contribution is 1.45. The van der Waals surface area contributed by atoms with Gasteiger partial charge in [-0.05, 0) is 35.8 Å². The van der Waals surface area contributed by atoms with Gasteiger partial charge in [-0.25, -0.2) is 0 Å². The van der Waals surface area contributed by atoms with E-state index < -0.39 is 0 Å². The number of hydrogen-bond acceptors (Lipinski definition) is 2. The molecule has 2 heteroatoms. The number of allylic oxidation sites excluding steroid dienone is 3. The maximum atomic E-state index is 5.11. The van der Waals surface area contributed by atoms with Crippen LogP contribution in [0.15, 0.2) is 40.7 Å². The summed E-state index contributed by atoms with van der Waals surface area (Å²) in [7, 11) is 1.74. The molecule has 0 spiro atoms. The van der Waals surface area contributed by atoms with E-state index in [2.05, 4.69) is 17.0 Å². The van der Waals surface area contributed by atoms with Gasteiger partial charge in [0.1, 0.15) is 0 Å². The molecule has 0 N–H and O–H groups in total. The summed E-state index contributed by atoms with van der Waals surface area (Å²) in [5.74, 6) is 2.43. The smallest absolute Gasteiger partial charge is 0.0577 e. The van der Waals surface area contributed by atoms with E-state index in [1.54, 1.807) is 24.5 Å². The second kappa shape index (κ2) is 5.95. The Labute approximate surface area is 88.5 Å². The fraction of sp³-hybridized carbons (Fsp3) is 0.0833. The molecule has 0 unspecified atom stereocenters. The van der Waals surface area contributed by atoms with Crippen LogP contribution in [0.2, 0.25) is 0 Å². The van der Waals surface area contributed by atoms with E-state index in [1.807, 2.05) is 29.7 Å². The van der Waals surface area contributed by atoms with Crippen LogP contribution in [0.3, 0.4) is 0 Å². The summed E-state index contributed by atoms with van der Waals surface area (Å²) in [6, 6.07) is 4.07. The summed E-state index contributed by atoms with van der Waals surface area (Å²) in [5, 5.41) is 2.04. The van der Waals surface area contributed by atoms with Crippen LogP contribution in [-0.2, 0) is 0 Å². The highest BCUT2D eigenvalue weighted by Gasteiger charge is 1.87. The molecule has 0 saturated carbocycles. The fourth-order valence-electron chi connectivity index (χ4n) is 0.892. The van der Waals surface area contributed by atoms with Crippen molar-refractivity contribution in [2.75, 3.05) is 7.05 Å². The van der Waals surface area contributed by atoms with E-state index in [9.17, 15) is 0 Å². The van der Waals surface area contributed by atoms with Gasteiger partial charge in [0, 0.05) is 11.9 Å². The molecule has 0 atom stereocenters. The molecule has 70 valence electrons. The van der Waals surface area contributed by atoms with Crippen molar-refractivity contribution in [3.05, 3.63) is 40.6 Å². The van der Waals surface area contributed by atoms with E-state index in [1.165, 1.54) is 4.88 Å². The first-order valence-corrected chi connectivity index (χ1v) is 5.06. The molecule has 0 amide bonds. The third-order valence-corrected chi connectivity index (χ3v) is 2.41. The standard InChI is InChI=1S/C12H11NS/c1-3-4-6-11(13-2)8-9-12-7-5-10-14-12/h1,4-10H,2H3/b6-4-,9-8+,13-11?. The predicted molar refractivity (Wildman–Crippen MR) is 64.7 cm³/mol. The van der Waals surface area contributed by atoms with Gasteiger partial charge in [-0.15, -0.1) is 17.8 Å². The predicted octanol–water partition coefficient (Wildman–Crippen LogP) is 3.02. The molecule has 0 aliphatic rings. The van der Waals surface area contributed by atoms with E-state index in [0.29, 0.717) is 0 Å². The first kappa shape index (κ1) is 10.5. The maximum absolute atomic E-state index is 5.11. The normalized spacial score (nSPS) is 12.4. The molecular weight excluding hydrogens is 190 g/mol. The zero-order valence-corrected chi connectivity index (χ0v) is 8.79. The van der Waals surface area contributed by atoms with Gasteiger partial charge >= 0.3 is 0 Å². The highest BCUT2D eigenvalue weighted by Crippen LogP contribution is 2.10. The minimum atomic E-state index is 0.872. The number of aliphatic imine (C=N–C) groups is 1. The molecule has 0 fully saturated rings. The second-order valence-electron chi connectivity index (χ2n) is 2.50. The van der Waals surface area contributed by atoms with Gasteiger partial charge < -0.3 is 0 Å². The molecule has 1 aromatic rings. The molecule has 0 bridgehead atoms. The monoisotopic (exact) mass is 201 g/mol. The highest BCUT2D eigenvalue weighted by molar-refractivity contribution is 7.10. The first-order chi connectivity index (χ1) is 6.86. The van der Waals surface area contributed by atoms with Crippen LogP contribution in [0.5, 0.6) is 0 Å². The minimum Gasteiger partial charge on any atom is -0.289 e. The number of terminal acetylenes is 1. The van der Waals surface area contributed by atoms with Gasteiger partial charge in [-0.1, -0.05) is 12.0 Å². The topological polar surface area (TPSA) is 12.4 Å². The second-order valence-corrected chi connectivity index (χ2v) is 3.48. The summed E-state index contributed by atoms with van der Waals surface area (Å²) < 4.78 is 0. The van der Waals surface area contributed by atoms with Crippen LogP contribution < -0.4 is 0 Å². The average Bonchev–Trinajstić information content (AvgIpc) is 2.71. The van der Waals surface area contributed by atoms with Crippen molar-refractivity contribution in [1.29, 1.82) is 0 Å². The lowest BCUT2D eigenvalue weighted by Gasteiger charge is -1.88. The quantitative estimate of drug-likeness (QED) is 0.526. The molecule has 1 aromatic heterocycles. The molecule has 1 heterocycles. The number of rotatable bonds is 3. The third-order valence-electron chi connectivity index (χ3n) is 1.57. The lowest BCUT2D eigenvalue weighted by Crippen LogP contribution is -1.85. The van der Waals surface area contributed by atoms with Gasteiger partial charge in [0.15, 0.2) is 0 Å². The van der Waals surface area contributed by atoms with Crippen molar-refractivity contribution in [2.45, 2.75) is 0 Å². The van der Waals surface area contributed by atoms with Gasteiger partial charge in [0.25, 0.3) is 0 Å². The van der Waals surface area contributed by atoms with Crippen LogP contribution in [-0.4, -0.2) is 12.8 Å². The summed E-state index contributed by atoms with van der Waals surface area (Å²) in [5.41, 5.74) is 0.872. The van der Waals surface area contributed by atoms with Crippen LogP contribution in [0.1, 0.15) is 4.88 Å². The van der Waals surface area contributed by atoms with Crippen molar-refractivity contribution >= 4 is 23.1 Å². The molecule has 0 aliphatic heterocycles. The molecule has 0 saturated heterocycles. The molecule has 1 rings (SSSR count). The van der Waals surface area contributed by atoms with Gasteiger partial charge in [-0.3, -0.25) is 4.99 Å². The zero-order chi connectivity index (χ0) is 10.2. The van der Waals surface area contributed by atoms with Gasteiger partial charge in [0.2, 0.25) is 0 Å². The molecule has 0 radical (unpaired) electrons. The van der Waals surface area contributed by atoms with Crippen LogP contribution in [0, 0.1) is 12.3 Å². The molecule has 0 aliphatic carbocycles. The van der Waals surface area contributed by atoms with Gasteiger partial charge in [-0.2, -0.15) is 0 Å². The van der Waals surface area contributed by atoms with Crippen molar-refractivity contribution in [2.24, 2.45) is 4.99 Å². The van der Waals surface area contributed by atoms with E-state index in [4.69, 9.17) is 6.42 Å². The number of nitrogens with zero attached hydrogens (tertiary/aromatic N) is 1. The van der Waals surface area contributed by atoms with E-state index in [0.717, 1.165) is 5.71 Å². The Morgan fingerprint density at radius 2 is 2.43 bits per heavy atom. The maximum Gasteiger partial charge on any atom is 0.0577 e. The number of hydrogen-bond donors (Lipinski definition) is 0. The van der Waals surface area contributed by atoms with Crippen LogP contribution >= 0.6 is 11.3 Å². The lowest BCUT2D eigenvalue weighted by atomic mass is 10.3. The SMILES string of the molecule is C#C/C=C\C(/C=C/c1cccs1)=NC. The Balaban J connectivity index is 2.68.